The quantitative estimate of drug-likeness (QED) is 0.855. The van der Waals surface area contributed by atoms with Gasteiger partial charge in [0.2, 0.25) is 0 Å². The SMILES string of the molecule is CCNC(C1CCC(C)C1)C1CCOC2(CCSC2)C1. The van der Waals surface area contributed by atoms with E-state index in [4.69, 9.17) is 4.74 Å². The molecule has 2 nitrogen and oxygen atoms in total. The smallest absolute Gasteiger partial charge is 0.0783 e. The summed E-state index contributed by atoms with van der Waals surface area (Å²) in [6.45, 7) is 6.82. The Morgan fingerprint density at radius 1 is 1.30 bits per heavy atom. The van der Waals surface area contributed by atoms with E-state index in [0.29, 0.717) is 0 Å². The highest BCUT2D eigenvalue weighted by atomic mass is 32.2. The zero-order chi connectivity index (χ0) is 14.0. The Balaban J connectivity index is 1.67. The van der Waals surface area contributed by atoms with Crippen molar-refractivity contribution in [3.8, 4) is 0 Å². The van der Waals surface area contributed by atoms with Crippen LogP contribution in [0.1, 0.15) is 52.4 Å². The van der Waals surface area contributed by atoms with E-state index in [1.807, 2.05) is 0 Å². The molecule has 0 amide bonds. The van der Waals surface area contributed by atoms with Gasteiger partial charge in [-0.15, -0.1) is 0 Å². The molecule has 3 aliphatic rings. The fourth-order valence-electron chi connectivity index (χ4n) is 4.77. The van der Waals surface area contributed by atoms with Crippen LogP contribution < -0.4 is 5.32 Å². The number of thioether (sulfide) groups is 1. The summed E-state index contributed by atoms with van der Waals surface area (Å²) in [5, 5.41) is 3.86. The van der Waals surface area contributed by atoms with Crippen LogP contribution in [0, 0.1) is 17.8 Å². The second-order valence-electron chi connectivity index (χ2n) is 7.35. The summed E-state index contributed by atoms with van der Waals surface area (Å²) in [5.41, 5.74) is 0.242. The molecule has 0 aromatic carbocycles. The third-order valence-electron chi connectivity index (χ3n) is 5.79. The highest BCUT2D eigenvalue weighted by Crippen LogP contribution is 2.44. The highest BCUT2D eigenvalue weighted by Gasteiger charge is 2.44. The van der Waals surface area contributed by atoms with E-state index in [1.54, 1.807) is 0 Å². The molecule has 1 saturated carbocycles. The molecule has 1 aliphatic carbocycles. The normalized spacial score (nSPS) is 43.2. The van der Waals surface area contributed by atoms with Crippen molar-refractivity contribution in [2.45, 2.75) is 64.0 Å². The van der Waals surface area contributed by atoms with Gasteiger partial charge in [-0.1, -0.05) is 20.3 Å². The van der Waals surface area contributed by atoms with Gasteiger partial charge in [0, 0.05) is 18.4 Å². The molecule has 2 heterocycles. The maximum Gasteiger partial charge on any atom is 0.0783 e. The molecule has 116 valence electrons. The third-order valence-corrected chi connectivity index (χ3v) is 7.01. The van der Waals surface area contributed by atoms with Crippen LogP contribution in [0.15, 0.2) is 0 Å². The van der Waals surface area contributed by atoms with Crippen molar-refractivity contribution in [2.75, 3.05) is 24.7 Å². The van der Waals surface area contributed by atoms with Crippen molar-refractivity contribution in [3.63, 3.8) is 0 Å². The minimum atomic E-state index is 0.242. The lowest BCUT2D eigenvalue weighted by molar-refractivity contribution is -0.0882. The average molecular weight is 298 g/mol. The number of rotatable bonds is 4. The summed E-state index contributed by atoms with van der Waals surface area (Å²) < 4.78 is 6.22. The highest BCUT2D eigenvalue weighted by molar-refractivity contribution is 7.99. The summed E-state index contributed by atoms with van der Waals surface area (Å²) in [6.07, 6.45) is 8.19. The number of hydrogen-bond donors (Lipinski definition) is 1. The third kappa shape index (κ3) is 3.20. The van der Waals surface area contributed by atoms with Crippen LogP contribution >= 0.6 is 11.8 Å². The first-order valence-corrected chi connectivity index (χ1v) is 9.83. The molecular weight excluding hydrogens is 266 g/mol. The second kappa shape index (κ2) is 6.58. The molecule has 3 rings (SSSR count). The number of ether oxygens (including phenoxy) is 1. The Kier molecular flexibility index (Phi) is 4.99. The molecule has 0 bridgehead atoms. The lowest BCUT2D eigenvalue weighted by Crippen LogP contribution is -2.49. The lowest BCUT2D eigenvalue weighted by atomic mass is 9.76. The van der Waals surface area contributed by atoms with Gasteiger partial charge in [-0.2, -0.15) is 11.8 Å². The van der Waals surface area contributed by atoms with Gasteiger partial charge < -0.3 is 10.1 Å². The van der Waals surface area contributed by atoms with E-state index in [1.165, 1.54) is 50.0 Å². The molecule has 2 saturated heterocycles. The van der Waals surface area contributed by atoms with Crippen LogP contribution in [-0.4, -0.2) is 36.3 Å². The Labute approximate surface area is 128 Å². The maximum absolute atomic E-state index is 6.22. The first-order valence-electron chi connectivity index (χ1n) is 8.67. The van der Waals surface area contributed by atoms with Crippen molar-refractivity contribution in [2.24, 2.45) is 17.8 Å². The summed E-state index contributed by atoms with van der Waals surface area (Å²) in [6, 6.07) is 0.747. The summed E-state index contributed by atoms with van der Waals surface area (Å²) in [5.74, 6) is 5.25. The zero-order valence-corrected chi connectivity index (χ0v) is 14.0. The molecule has 5 unspecified atom stereocenters. The van der Waals surface area contributed by atoms with Crippen LogP contribution in [0.25, 0.3) is 0 Å². The molecule has 2 aliphatic heterocycles. The molecule has 20 heavy (non-hydrogen) atoms. The Morgan fingerprint density at radius 2 is 2.20 bits per heavy atom. The van der Waals surface area contributed by atoms with Gasteiger partial charge in [-0.3, -0.25) is 0 Å². The summed E-state index contributed by atoms with van der Waals surface area (Å²) >= 11 is 2.09. The predicted molar refractivity (Wildman–Crippen MR) is 87.3 cm³/mol. The number of nitrogens with one attached hydrogen (secondary N) is 1. The maximum atomic E-state index is 6.22. The van der Waals surface area contributed by atoms with Gasteiger partial charge in [0.25, 0.3) is 0 Å². The van der Waals surface area contributed by atoms with E-state index < -0.39 is 0 Å². The van der Waals surface area contributed by atoms with Crippen molar-refractivity contribution in [1.82, 2.24) is 5.32 Å². The minimum Gasteiger partial charge on any atom is -0.374 e. The summed E-state index contributed by atoms with van der Waals surface area (Å²) in [4.78, 5) is 0. The lowest BCUT2D eigenvalue weighted by Gasteiger charge is -2.43. The van der Waals surface area contributed by atoms with Crippen LogP contribution in [0.4, 0.5) is 0 Å². The standard InChI is InChI=1S/C17H31NOS/c1-3-18-16(14-5-4-13(2)10-14)15-6-8-19-17(11-15)7-9-20-12-17/h13-16,18H,3-12H2,1-2H3. The molecule has 1 spiro atoms. The van der Waals surface area contributed by atoms with E-state index in [2.05, 4.69) is 30.9 Å². The van der Waals surface area contributed by atoms with Gasteiger partial charge in [-0.05, 0) is 62.2 Å². The number of hydrogen-bond acceptors (Lipinski definition) is 3. The first-order chi connectivity index (χ1) is 9.72. The molecule has 0 radical (unpaired) electrons. The van der Waals surface area contributed by atoms with Gasteiger partial charge in [0.15, 0.2) is 0 Å². The fraction of sp³-hybridized carbons (Fsp3) is 1.00. The predicted octanol–water partition coefficient (Wildman–Crippen LogP) is 3.70. The van der Waals surface area contributed by atoms with E-state index in [9.17, 15) is 0 Å². The topological polar surface area (TPSA) is 21.3 Å². The largest absolute Gasteiger partial charge is 0.374 e. The Morgan fingerprint density at radius 3 is 2.85 bits per heavy atom. The molecule has 3 fully saturated rings. The van der Waals surface area contributed by atoms with Crippen molar-refractivity contribution in [1.29, 1.82) is 0 Å². The first kappa shape index (κ1) is 15.2. The average Bonchev–Trinajstić information content (AvgIpc) is 3.06. The zero-order valence-electron chi connectivity index (χ0n) is 13.2. The Bertz CT molecular complexity index is 316. The van der Waals surface area contributed by atoms with Crippen molar-refractivity contribution < 1.29 is 4.74 Å². The molecule has 1 N–H and O–H groups in total. The van der Waals surface area contributed by atoms with Gasteiger partial charge in [-0.25, -0.2) is 0 Å². The van der Waals surface area contributed by atoms with E-state index >= 15 is 0 Å². The monoisotopic (exact) mass is 297 g/mol. The van der Waals surface area contributed by atoms with Gasteiger partial charge >= 0.3 is 0 Å². The van der Waals surface area contributed by atoms with Crippen LogP contribution in [0.3, 0.4) is 0 Å². The Hall–Kier alpha value is 0.270. The fourth-order valence-corrected chi connectivity index (χ4v) is 6.14. The van der Waals surface area contributed by atoms with Crippen LogP contribution in [0.2, 0.25) is 0 Å². The molecule has 0 aromatic rings. The van der Waals surface area contributed by atoms with E-state index in [0.717, 1.165) is 36.9 Å². The molecule has 5 atom stereocenters. The second-order valence-corrected chi connectivity index (χ2v) is 8.45. The van der Waals surface area contributed by atoms with Crippen molar-refractivity contribution >= 4 is 11.8 Å². The molecular formula is C17H31NOS. The summed E-state index contributed by atoms with van der Waals surface area (Å²) in [7, 11) is 0. The van der Waals surface area contributed by atoms with E-state index in [-0.39, 0.29) is 5.60 Å². The van der Waals surface area contributed by atoms with Crippen LogP contribution in [-0.2, 0) is 4.74 Å². The minimum absolute atomic E-state index is 0.242. The van der Waals surface area contributed by atoms with Gasteiger partial charge in [0.05, 0.1) is 5.60 Å². The van der Waals surface area contributed by atoms with Gasteiger partial charge in [0.1, 0.15) is 0 Å². The van der Waals surface area contributed by atoms with Crippen LogP contribution in [0.5, 0.6) is 0 Å². The van der Waals surface area contributed by atoms with Crippen molar-refractivity contribution in [3.05, 3.63) is 0 Å². The molecule has 3 heteroatoms. The molecule has 0 aromatic heterocycles.